The zero-order valence-corrected chi connectivity index (χ0v) is 15.2. The van der Waals surface area contributed by atoms with Crippen molar-refractivity contribution in [3.8, 4) is 0 Å². The lowest BCUT2D eigenvalue weighted by Crippen LogP contribution is -2.39. The molecular formula is C22H17F3N2O2. The molecule has 0 heterocycles. The van der Waals surface area contributed by atoms with Crippen molar-refractivity contribution >= 4 is 11.8 Å². The van der Waals surface area contributed by atoms with Gasteiger partial charge in [0, 0.05) is 5.56 Å². The predicted molar refractivity (Wildman–Crippen MR) is 102 cm³/mol. The van der Waals surface area contributed by atoms with Crippen LogP contribution in [-0.2, 0) is 4.79 Å². The maximum atomic E-state index is 13.7. The van der Waals surface area contributed by atoms with Gasteiger partial charge in [0.2, 0.25) is 5.91 Å². The van der Waals surface area contributed by atoms with Gasteiger partial charge in [0.15, 0.2) is 0 Å². The SMILES string of the molecule is O=C(CNC(=O)c1ccc(F)cc1)NC(c1cccc(F)c1)c1cccc(F)c1. The van der Waals surface area contributed by atoms with Crippen molar-refractivity contribution in [3.05, 3.63) is 107 Å². The molecule has 0 bridgehead atoms. The van der Waals surface area contributed by atoms with Gasteiger partial charge in [0.25, 0.3) is 5.91 Å². The number of halogens is 3. The average molecular weight is 398 g/mol. The first-order valence-electron chi connectivity index (χ1n) is 8.76. The minimum Gasteiger partial charge on any atom is -0.344 e. The fourth-order valence-corrected chi connectivity index (χ4v) is 2.81. The molecule has 3 aromatic rings. The number of amides is 2. The third-order valence-electron chi connectivity index (χ3n) is 4.19. The lowest BCUT2D eigenvalue weighted by Gasteiger charge is -2.20. The molecule has 3 rings (SSSR count). The molecule has 2 amide bonds. The van der Waals surface area contributed by atoms with Crippen molar-refractivity contribution in [3.63, 3.8) is 0 Å². The summed E-state index contributed by atoms with van der Waals surface area (Å²) in [6.45, 7) is -0.364. The summed E-state index contributed by atoms with van der Waals surface area (Å²) < 4.78 is 40.3. The molecule has 0 fully saturated rings. The van der Waals surface area contributed by atoms with E-state index < -0.39 is 35.3 Å². The second kappa shape index (κ2) is 9.05. The van der Waals surface area contributed by atoms with E-state index in [4.69, 9.17) is 0 Å². The standard InChI is InChI=1S/C22H17F3N2O2/c23-17-9-7-14(8-10-17)22(29)26-13-20(28)27-21(15-3-1-5-18(24)11-15)16-4-2-6-19(25)12-16/h1-12,21H,13H2,(H,26,29)(H,27,28). The van der Waals surface area contributed by atoms with Crippen LogP contribution in [0.3, 0.4) is 0 Å². The topological polar surface area (TPSA) is 58.2 Å². The Morgan fingerprint density at radius 2 is 1.31 bits per heavy atom. The molecule has 0 aliphatic carbocycles. The molecule has 0 radical (unpaired) electrons. The highest BCUT2D eigenvalue weighted by molar-refractivity contribution is 5.96. The quantitative estimate of drug-likeness (QED) is 0.665. The van der Waals surface area contributed by atoms with Crippen LogP contribution in [0.5, 0.6) is 0 Å². The zero-order valence-electron chi connectivity index (χ0n) is 15.2. The van der Waals surface area contributed by atoms with Crippen LogP contribution in [0.4, 0.5) is 13.2 Å². The van der Waals surface area contributed by atoms with Crippen molar-refractivity contribution < 1.29 is 22.8 Å². The van der Waals surface area contributed by atoms with Crippen LogP contribution in [-0.4, -0.2) is 18.4 Å². The Kier molecular flexibility index (Phi) is 6.29. The average Bonchev–Trinajstić information content (AvgIpc) is 2.70. The fourth-order valence-electron chi connectivity index (χ4n) is 2.81. The van der Waals surface area contributed by atoms with Crippen LogP contribution < -0.4 is 10.6 Å². The number of benzene rings is 3. The number of hydrogen-bond acceptors (Lipinski definition) is 2. The van der Waals surface area contributed by atoms with Gasteiger partial charge in [0.1, 0.15) is 17.5 Å². The Balaban J connectivity index is 1.72. The highest BCUT2D eigenvalue weighted by Gasteiger charge is 2.18. The van der Waals surface area contributed by atoms with E-state index >= 15 is 0 Å². The van der Waals surface area contributed by atoms with E-state index in [0.29, 0.717) is 11.1 Å². The van der Waals surface area contributed by atoms with E-state index in [1.165, 1.54) is 48.5 Å². The van der Waals surface area contributed by atoms with Crippen LogP contribution in [0.15, 0.2) is 72.8 Å². The lowest BCUT2D eigenvalue weighted by atomic mass is 9.98. The number of carbonyl (C=O) groups excluding carboxylic acids is 2. The van der Waals surface area contributed by atoms with Crippen LogP contribution in [0, 0.1) is 17.5 Å². The molecule has 0 saturated carbocycles. The molecule has 29 heavy (non-hydrogen) atoms. The minimum absolute atomic E-state index is 0.200. The summed E-state index contributed by atoms with van der Waals surface area (Å²) >= 11 is 0. The summed E-state index contributed by atoms with van der Waals surface area (Å²) in [6, 6.07) is 15.3. The van der Waals surface area contributed by atoms with E-state index in [-0.39, 0.29) is 12.1 Å². The zero-order chi connectivity index (χ0) is 20.8. The molecule has 0 aliphatic heterocycles. The highest BCUT2D eigenvalue weighted by atomic mass is 19.1. The molecule has 0 aromatic heterocycles. The first-order valence-corrected chi connectivity index (χ1v) is 8.76. The van der Waals surface area contributed by atoms with Crippen molar-refractivity contribution in [2.75, 3.05) is 6.54 Å². The summed E-state index contributed by atoms with van der Waals surface area (Å²) in [5.74, 6) is -2.58. The van der Waals surface area contributed by atoms with Gasteiger partial charge in [-0.25, -0.2) is 13.2 Å². The third-order valence-corrected chi connectivity index (χ3v) is 4.19. The fraction of sp³-hybridized carbons (Fsp3) is 0.0909. The third kappa shape index (κ3) is 5.44. The largest absolute Gasteiger partial charge is 0.344 e. The summed E-state index contributed by atoms with van der Waals surface area (Å²) in [5, 5.41) is 5.10. The van der Waals surface area contributed by atoms with Crippen LogP contribution in [0.2, 0.25) is 0 Å². The van der Waals surface area contributed by atoms with E-state index in [1.54, 1.807) is 12.1 Å². The second-order valence-electron chi connectivity index (χ2n) is 6.30. The van der Waals surface area contributed by atoms with Gasteiger partial charge in [-0.3, -0.25) is 9.59 Å². The maximum Gasteiger partial charge on any atom is 0.251 e. The Hall–Kier alpha value is -3.61. The van der Waals surface area contributed by atoms with E-state index in [9.17, 15) is 22.8 Å². The second-order valence-corrected chi connectivity index (χ2v) is 6.30. The van der Waals surface area contributed by atoms with E-state index in [1.807, 2.05) is 0 Å². The molecule has 7 heteroatoms. The number of nitrogens with one attached hydrogen (secondary N) is 2. The molecule has 148 valence electrons. The molecule has 4 nitrogen and oxygen atoms in total. The van der Waals surface area contributed by atoms with Crippen LogP contribution >= 0.6 is 0 Å². The Morgan fingerprint density at radius 3 is 1.83 bits per heavy atom. The lowest BCUT2D eigenvalue weighted by molar-refractivity contribution is -0.120. The van der Waals surface area contributed by atoms with Crippen LogP contribution in [0.1, 0.15) is 27.5 Å². The van der Waals surface area contributed by atoms with Gasteiger partial charge in [-0.05, 0) is 59.7 Å². The van der Waals surface area contributed by atoms with Crippen molar-refractivity contribution in [1.82, 2.24) is 10.6 Å². The van der Waals surface area contributed by atoms with Crippen molar-refractivity contribution in [2.45, 2.75) is 6.04 Å². The molecule has 0 saturated heterocycles. The van der Waals surface area contributed by atoms with Crippen molar-refractivity contribution in [2.24, 2.45) is 0 Å². The van der Waals surface area contributed by atoms with Gasteiger partial charge in [-0.2, -0.15) is 0 Å². The first-order chi connectivity index (χ1) is 13.9. The summed E-state index contributed by atoms with van der Waals surface area (Å²) in [4.78, 5) is 24.4. The molecule has 0 spiro atoms. The summed E-state index contributed by atoms with van der Waals surface area (Å²) in [6.07, 6.45) is 0. The maximum absolute atomic E-state index is 13.7. The summed E-state index contributed by atoms with van der Waals surface area (Å²) in [5.41, 5.74) is 1.05. The number of rotatable bonds is 6. The minimum atomic E-state index is -0.809. The Labute approximate surface area is 165 Å². The molecule has 0 atom stereocenters. The molecular weight excluding hydrogens is 381 g/mol. The smallest absolute Gasteiger partial charge is 0.251 e. The molecule has 2 N–H and O–H groups in total. The Morgan fingerprint density at radius 1 is 0.759 bits per heavy atom. The van der Waals surface area contributed by atoms with Gasteiger partial charge in [0.05, 0.1) is 12.6 Å². The van der Waals surface area contributed by atoms with E-state index in [0.717, 1.165) is 12.1 Å². The Bertz CT molecular complexity index is 977. The normalized spacial score (nSPS) is 10.6. The highest BCUT2D eigenvalue weighted by Crippen LogP contribution is 2.23. The monoisotopic (exact) mass is 398 g/mol. The van der Waals surface area contributed by atoms with Crippen molar-refractivity contribution in [1.29, 1.82) is 0 Å². The van der Waals surface area contributed by atoms with Gasteiger partial charge >= 0.3 is 0 Å². The number of hydrogen-bond donors (Lipinski definition) is 2. The molecule has 3 aromatic carbocycles. The summed E-state index contributed by atoms with van der Waals surface area (Å²) in [7, 11) is 0. The van der Waals surface area contributed by atoms with Gasteiger partial charge in [-0.1, -0.05) is 24.3 Å². The predicted octanol–water partition coefficient (Wildman–Crippen LogP) is 3.74. The van der Waals surface area contributed by atoms with Gasteiger partial charge < -0.3 is 10.6 Å². The van der Waals surface area contributed by atoms with Crippen LogP contribution in [0.25, 0.3) is 0 Å². The first kappa shape index (κ1) is 20.1. The number of carbonyl (C=O) groups is 2. The van der Waals surface area contributed by atoms with E-state index in [2.05, 4.69) is 10.6 Å². The molecule has 0 aliphatic rings. The van der Waals surface area contributed by atoms with Gasteiger partial charge in [-0.15, -0.1) is 0 Å². The molecule has 0 unspecified atom stereocenters.